The molecule has 1 aliphatic rings. The zero-order chi connectivity index (χ0) is 10.8. The van der Waals surface area contributed by atoms with Crippen LogP contribution in [0.3, 0.4) is 0 Å². The van der Waals surface area contributed by atoms with Crippen LogP contribution < -0.4 is 5.32 Å². The van der Waals surface area contributed by atoms with Crippen LogP contribution in [0.15, 0.2) is 0 Å². The average Bonchev–Trinajstić information content (AvgIpc) is 2.26. The molecule has 1 heteroatoms. The first-order valence-corrected chi connectivity index (χ1v) is 6.13. The van der Waals surface area contributed by atoms with Crippen molar-refractivity contribution in [2.45, 2.75) is 47.5 Å². The monoisotopic (exact) mass is 197 g/mol. The minimum absolute atomic E-state index is 0.473. The molecule has 1 aliphatic heterocycles. The Labute approximate surface area is 89.7 Å². The molecule has 0 aliphatic carbocycles. The maximum atomic E-state index is 3.53. The lowest BCUT2D eigenvalue weighted by molar-refractivity contribution is 0.117. The van der Waals surface area contributed by atoms with Crippen LogP contribution in [0.4, 0.5) is 0 Å². The standard InChI is InChI=1S/C13H27N/c1-10(2)11-6-8-14-9-7-12(11)13(3,4)5/h10-12,14H,6-9H2,1-5H3. The van der Waals surface area contributed by atoms with Gasteiger partial charge < -0.3 is 5.32 Å². The summed E-state index contributed by atoms with van der Waals surface area (Å²) in [7, 11) is 0. The van der Waals surface area contributed by atoms with E-state index in [1.54, 1.807) is 0 Å². The molecule has 0 aromatic heterocycles. The summed E-state index contributed by atoms with van der Waals surface area (Å²) in [5.41, 5.74) is 0.473. The fourth-order valence-corrected chi connectivity index (χ4v) is 2.94. The molecule has 1 N–H and O–H groups in total. The summed E-state index contributed by atoms with van der Waals surface area (Å²) >= 11 is 0. The van der Waals surface area contributed by atoms with Crippen molar-refractivity contribution < 1.29 is 0 Å². The fourth-order valence-electron chi connectivity index (χ4n) is 2.94. The van der Waals surface area contributed by atoms with Crippen LogP contribution in [0, 0.1) is 23.2 Å². The Kier molecular flexibility index (Phi) is 4.00. The molecule has 2 unspecified atom stereocenters. The number of hydrogen-bond acceptors (Lipinski definition) is 1. The lowest BCUT2D eigenvalue weighted by Gasteiger charge is -2.38. The van der Waals surface area contributed by atoms with Gasteiger partial charge in [0.25, 0.3) is 0 Å². The maximum Gasteiger partial charge on any atom is -0.00460 e. The zero-order valence-electron chi connectivity index (χ0n) is 10.6. The third kappa shape index (κ3) is 2.98. The summed E-state index contributed by atoms with van der Waals surface area (Å²) < 4.78 is 0. The fraction of sp³-hybridized carbons (Fsp3) is 1.00. The molecule has 1 rings (SSSR count). The van der Waals surface area contributed by atoms with Crippen LogP contribution in [0.1, 0.15) is 47.5 Å². The van der Waals surface area contributed by atoms with E-state index in [1.165, 1.54) is 25.9 Å². The van der Waals surface area contributed by atoms with Gasteiger partial charge in [0.2, 0.25) is 0 Å². The smallest absolute Gasteiger partial charge is 0.00460 e. The van der Waals surface area contributed by atoms with Crippen LogP contribution in [0.5, 0.6) is 0 Å². The Morgan fingerprint density at radius 3 is 2.14 bits per heavy atom. The van der Waals surface area contributed by atoms with Gasteiger partial charge in [0.15, 0.2) is 0 Å². The van der Waals surface area contributed by atoms with Gasteiger partial charge in [-0.2, -0.15) is 0 Å². The first kappa shape index (κ1) is 12.0. The highest BCUT2D eigenvalue weighted by Gasteiger charge is 2.34. The van der Waals surface area contributed by atoms with Gasteiger partial charge in [-0.3, -0.25) is 0 Å². The Hall–Kier alpha value is -0.0400. The van der Waals surface area contributed by atoms with Crippen molar-refractivity contribution in [2.24, 2.45) is 23.2 Å². The van der Waals surface area contributed by atoms with Crippen LogP contribution in [-0.4, -0.2) is 13.1 Å². The molecule has 1 fully saturated rings. The average molecular weight is 197 g/mol. The van der Waals surface area contributed by atoms with Crippen molar-refractivity contribution in [3.8, 4) is 0 Å². The van der Waals surface area contributed by atoms with Gasteiger partial charge in [0, 0.05) is 0 Å². The van der Waals surface area contributed by atoms with E-state index in [4.69, 9.17) is 0 Å². The molecule has 2 atom stereocenters. The highest BCUT2D eigenvalue weighted by atomic mass is 14.9. The second-order valence-corrected chi connectivity index (χ2v) is 6.21. The SMILES string of the molecule is CC(C)C1CCNCCC1C(C)(C)C. The van der Waals surface area contributed by atoms with Crippen molar-refractivity contribution in [2.75, 3.05) is 13.1 Å². The quantitative estimate of drug-likeness (QED) is 0.680. The molecular weight excluding hydrogens is 170 g/mol. The van der Waals surface area contributed by atoms with E-state index in [2.05, 4.69) is 39.9 Å². The molecule has 84 valence electrons. The van der Waals surface area contributed by atoms with Crippen molar-refractivity contribution in [1.82, 2.24) is 5.32 Å². The molecule has 0 aromatic carbocycles. The van der Waals surface area contributed by atoms with Crippen molar-refractivity contribution in [3.63, 3.8) is 0 Å². The largest absolute Gasteiger partial charge is 0.317 e. The molecule has 0 radical (unpaired) electrons. The van der Waals surface area contributed by atoms with Crippen molar-refractivity contribution in [3.05, 3.63) is 0 Å². The topological polar surface area (TPSA) is 12.0 Å². The van der Waals surface area contributed by atoms with E-state index in [0.29, 0.717) is 5.41 Å². The second kappa shape index (κ2) is 4.65. The van der Waals surface area contributed by atoms with E-state index < -0.39 is 0 Å². The Bertz CT molecular complexity index is 167. The first-order valence-electron chi connectivity index (χ1n) is 6.13. The molecule has 0 amide bonds. The molecule has 1 nitrogen and oxygen atoms in total. The number of rotatable bonds is 1. The molecular formula is C13H27N. The predicted molar refractivity (Wildman–Crippen MR) is 63.4 cm³/mol. The summed E-state index contributed by atoms with van der Waals surface area (Å²) in [6.07, 6.45) is 2.71. The Morgan fingerprint density at radius 2 is 1.64 bits per heavy atom. The second-order valence-electron chi connectivity index (χ2n) is 6.21. The van der Waals surface area contributed by atoms with Gasteiger partial charge in [-0.15, -0.1) is 0 Å². The summed E-state index contributed by atoms with van der Waals surface area (Å²) in [4.78, 5) is 0. The van der Waals surface area contributed by atoms with Crippen molar-refractivity contribution in [1.29, 1.82) is 0 Å². The predicted octanol–water partition coefficient (Wildman–Crippen LogP) is 3.30. The Balaban J connectivity index is 2.74. The van der Waals surface area contributed by atoms with E-state index in [1.807, 2.05) is 0 Å². The molecule has 1 saturated heterocycles. The highest BCUT2D eigenvalue weighted by Crippen LogP contribution is 2.40. The van der Waals surface area contributed by atoms with Gasteiger partial charge in [-0.05, 0) is 49.1 Å². The minimum atomic E-state index is 0.473. The van der Waals surface area contributed by atoms with Gasteiger partial charge >= 0.3 is 0 Å². The van der Waals surface area contributed by atoms with Crippen LogP contribution >= 0.6 is 0 Å². The third-order valence-corrected chi connectivity index (χ3v) is 3.77. The molecule has 1 heterocycles. The van der Waals surface area contributed by atoms with E-state index in [-0.39, 0.29) is 0 Å². The normalized spacial score (nSPS) is 30.4. The number of nitrogens with one attached hydrogen (secondary N) is 1. The summed E-state index contributed by atoms with van der Waals surface area (Å²) in [6.45, 7) is 14.4. The lowest BCUT2D eigenvalue weighted by atomic mass is 9.67. The number of hydrogen-bond donors (Lipinski definition) is 1. The summed E-state index contributed by atoms with van der Waals surface area (Å²) in [5.74, 6) is 2.63. The van der Waals surface area contributed by atoms with Gasteiger partial charge in [-0.25, -0.2) is 0 Å². The zero-order valence-corrected chi connectivity index (χ0v) is 10.6. The molecule has 0 saturated carbocycles. The molecule has 0 spiro atoms. The molecule has 0 aromatic rings. The van der Waals surface area contributed by atoms with E-state index in [9.17, 15) is 0 Å². The van der Waals surface area contributed by atoms with E-state index >= 15 is 0 Å². The highest BCUT2D eigenvalue weighted by molar-refractivity contribution is 4.85. The van der Waals surface area contributed by atoms with E-state index in [0.717, 1.165) is 17.8 Å². The lowest BCUT2D eigenvalue weighted by Crippen LogP contribution is -2.31. The molecule has 0 bridgehead atoms. The van der Waals surface area contributed by atoms with Gasteiger partial charge in [-0.1, -0.05) is 34.6 Å². The minimum Gasteiger partial charge on any atom is -0.317 e. The van der Waals surface area contributed by atoms with Crippen LogP contribution in [0.2, 0.25) is 0 Å². The van der Waals surface area contributed by atoms with Crippen molar-refractivity contribution >= 4 is 0 Å². The van der Waals surface area contributed by atoms with Gasteiger partial charge in [0.05, 0.1) is 0 Å². The summed E-state index contributed by atoms with van der Waals surface area (Å²) in [5, 5.41) is 3.53. The maximum absolute atomic E-state index is 3.53. The van der Waals surface area contributed by atoms with Crippen LogP contribution in [-0.2, 0) is 0 Å². The third-order valence-electron chi connectivity index (χ3n) is 3.77. The van der Waals surface area contributed by atoms with Gasteiger partial charge in [0.1, 0.15) is 0 Å². The Morgan fingerprint density at radius 1 is 1.07 bits per heavy atom. The molecule has 14 heavy (non-hydrogen) atoms. The summed E-state index contributed by atoms with van der Waals surface area (Å²) in [6, 6.07) is 0. The van der Waals surface area contributed by atoms with Crippen LogP contribution in [0.25, 0.3) is 0 Å². The first-order chi connectivity index (χ1) is 6.43.